The molecule has 0 aromatic carbocycles. The molecule has 1 aliphatic heterocycles. The molecule has 0 aliphatic carbocycles. The van der Waals surface area contributed by atoms with Gasteiger partial charge in [-0.05, 0) is 32.3 Å². The number of nitrogens with one attached hydrogen (secondary N) is 1. The van der Waals surface area contributed by atoms with Crippen molar-refractivity contribution in [2.45, 2.75) is 155 Å². The normalized spacial score (nSPS) is 15.7. The van der Waals surface area contributed by atoms with Crippen LogP contribution in [0.2, 0.25) is 0 Å². The summed E-state index contributed by atoms with van der Waals surface area (Å²) in [6, 6.07) is 0.919. The van der Waals surface area contributed by atoms with Crippen molar-refractivity contribution in [3.8, 4) is 12.3 Å². The molecule has 1 atom stereocenters. The van der Waals surface area contributed by atoms with Crippen molar-refractivity contribution in [2.75, 3.05) is 6.54 Å². The minimum absolute atomic E-state index is 0.434. The summed E-state index contributed by atoms with van der Waals surface area (Å²) in [7, 11) is 0. The summed E-state index contributed by atoms with van der Waals surface area (Å²) in [4.78, 5) is 2.40. The Morgan fingerprint density at radius 2 is 1.36 bits per heavy atom. The summed E-state index contributed by atoms with van der Waals surface area (Å²) in [6.45, 7) is 12.1. The van der Waals surface area contributed by atoms with Crippen molar-refractivity contribution in [3.63, 3.8) is 0 Å². The van der Waals surface area contributed by atoms with Gasteiger partial charge in [-0.2, -0.15) is 0 Å². The van der Waals surface area contributed by atoms with Gasteiger partial charge in [0.05, 0.1) is 0 Å². The highest BCUT2D eigenvalue weighted by molar-refractivity contribution is 5.31. The van der Waals surface area contributed by atoms with Crippen LogP contribution in [0.25, 0.3) is 0 Å². The third-order valence-corrected chi connectivity index (χ3v) is 7.14. The molecule has 0 aromatic heterocycles. The lowest BCUT2D eigenvalue weighted by Gasteiger charge is -2.27. The number of allylic oxidation sites excluding steroid dienone is 1. The fraction of sp³-hybridized carbons (Fsp3) is 0.806. The van der Waals surface area contributed by atoms with Gasteiger partial charge < -0.3 is 10.2 Å². The topological polar surface area (TPSA) is 15.3 Å². The second-order valence-corrected chi connectivity index (χ2v) is 10.5. The van der Waals surface area contributed by atoms with Crippen LogP contribution in [0.4, 0.5) is 0 Å². The number of nitrogens with zero attached hydrogens (tertiary/aromatic N) is 1. The Morgan fingerprint density at radius 1 is 0.909 bits per heavy atom. The van der Waals surface area contributed by atoms with Crippen molar-refractivity contribution >= 4 is 0 Å². The van der Waals surface area contributed by atoms with Crippen molar-refractivity contribution < 1.29 is 0 Å². The van der Waals surface area contributed by atoms with E-state index in [1.807, 2.05) is 0 Å². The maximum atomic E-state index is 5.56. The highest BCUT2D eigenvalue weighted by Gasteiger charge is 2.26. The summed E-state index contributed by atoms with van der Waals surface area (Å²) in [5.41, 5.74) is 2.42. The van der Waals surface area contributed by atoms with Crippen molar-refractivity contribution in [1.29, 1.82) is 0 Å². The van der Waals surface area contributed by atoms with Crippen LogP contribution >= 0.6 is 0 Å². The van der Waals surface area contributed by atoms with Crippen LogP contribution < -0.4 is 5.32 Å². The molecule has 0 aromatic rings. The molecule has 1 aliphatic rings. The number of terminal acetylenes is 1. The molecule has 190 valence electrons. The summed E-state index contributed by atoms with van der Waals surface area (Å²) < 4.78 is 0. The van der Waals surface area contributed by atoms with E-state index in [0.717, 1.165) is 25.1 Å². The third kappa shape index (κ3) is 14.5. The fourth-order valence-electron chi connectivity index (χ4n) is 4.99. The number of hydrogen-bond acceptors (Lipinski definition) is 2. The third-order valence-electron chi connectivity index (χ3n) is 7.14. The van der Waals surface area contributed by atoms with Crippen LogP contribution in [0.5, 0.6) is 0 Å². The molecule has 33 heavy (non-hydrogen) atoms. The van der Waals surface area contributed by atoms with Crippen LogP contribution in [0, 0.1) is 12.3 Å². The molecular weight excluding hydrogens is 400 g/mol. The Morgan fingerprint density at radius 3 is 1.79 bits per heavy atom. The van der Waals surface area contributed by atoms with Crippen LogP contribution in [0.15, 0.2) is 24.0 Å². The van der Waals surface area contributed by atoms with Crippen LogP contribution in [-0.4, -0.2) is 23.5 Å². The van der Waals surface area contributed by atoms with Gasteiger partial charge in [0.2, 0.25) is 0 Å². The van der Waals surface area contributed by atoms with Crippen molar-refractivity contribution in [2.24, 2.45) is 0 Å². The predicted octanol–water partition coefficient (Wildman–Crippen LogP) is 9.13. The maximum Gasteiger partial charge on any atom is 0.0438 e. The van der Waals surface area contributed by atoms with Gasteiger partial charge >= 0.3 is 0 Å². The molecule has 0 saturated heterocycles. The average Bonchev–Trinajstić information content (AvgIpc) is 3.23. The fourth-order valence-corrected chi connectivity index (χ4v) is 4.99. The maximum absolute atomic E-state index is 5.56. The second kappa shape index (κ2) is 20.1. The Labute approximate surface area is 208 Å². The summed E-state index contributed by atoms with van der Waals surface area (Å²) >= 11 is 0. The summed E-state index contributed by atoms with van der Waals surface area (Å²) in [5.74, 6) is 2.83. The van der Waals surface area contributed by atoms with E-state index in [-0.39, 0.29) is 0 Å². The van der Waals surface area contributed by atoms with Gasteiger partial charge in [-0.25, -0.2) is 0 Å². The highest BCUT2D eigenvalue weighted by atomic mass is 15.2. The molecule has 0 spiro atoms. The van der Waals surface area contributed by atoms with Gasteiger partial charge in [0.15, 0.2) is 0 Å². The number of rotatable bonds is 22. The van der Waals surface area contributed by atoms with E-state index in [2.05, 4.69) is 49.7 Å². The first-order valence-electron chi connectivity index (χ1n) is 14.4. The van der Waals surface area contributed by atoms with Crippen LogP contribution in [0.3, 0.4) is 0 Å². The van der Waals surface area contributed by atoms with E-state index in [1.165, 1.54) is 115 Å². The molecule has 1 N–H and O–H groups in total. The molecule has 1 rings (SSSR count). The van der Waals surface area contributed by atoms with E-state index in [0.29, 0.717) is 12.1 Å². The van der Waals surface area contributed by atoms with Gasteiger partial charge in [-0.1, -0.05) is 116 Å². The smallest absolute Gasteiger partial charge is 0.0438 e. The van der Waals surface area contributed by atoms with Gasteiger partial charge in [0.25, 0.3) is 0 Å². The monoisotopic (exact) mass is 456 g/mol. The zero-order chi connectivity index (χ0) is 24.2. The van der Waals surface area contributed by atoms with Crippen molar-refractivity contribution in [3.05, 3.63) is 24.0 Å². The molecule has 2 heteroatoms. The second-order valence-electron chi connectivity index (χ2n) is 10.5. The van der Waals surface area contributed by atoms with E-state index in [9.17, 15) is 0 Å². The summed E-state index contributed by atoms with van der Waals surface area (Å²) in [6.07, 6.45) is 33.8. The molecule has 0 amide bonds. The van der Waals surface area contributed by atoms with Crippen molar-refractivity contribution in [1.82, 2.24) is 10.2 Å². The largest absolute Gasteiger partial charge is 0.385 e. The van der Waals surface area contributed by atoms with E-state index in [1.54, 1.807) is 0 Å². The molecule has 0 fully saturated rings. The minimum Gasteiger partial charge on any atom is -0.385 e. The lowest BCUT2D eigenvalue weighted by Crippen LogP contribution is -2.32. The standard InChI is InChI=1S/C31H56N2/c1-6-8-9-10-11-12-13-14-15-16-17-18-19-20-21-22-23-25-32-29(5)30-26-31(24-7-2)33(27-30)28(3)4/h2,27-28,31-32H,5-6,8-26H2,1,3-4H3/t31-/m0/s1. The van der Waals surface area contributed by atoms with Crippen LogP contribution in [-0.2, 0) is 0 Å². The first-order chi connectivity index (χ1) is 16.1. The molecule has 1 heterocycles. The lowest BCUT2D eigenvalue weighted by atomic mass is 10.0. The summed E-state index contributed by atoms with van der Waals surface area (Å²) in [5, 5.41) is 3.56. The Bertz CT molecular complexity index is 554. The first kappa shape index (κ1) is 29.7. The van der Waals surface area contributed by atoms with Gasteiger partial charge in [-0.3, -0.25) is 0 Å². The van der Waals surface area contributed by atoms with Gasteiger partial charge in [0, 0.05) is 36.9 Å². The zero-order valence-corrected chi connectivity index (χ0v) is 22.6. The first-order valence-corrected chi connectivity index (χ1v) is 14.4. The Balaban J connectivity index is 1.89. The van der Waals surface area contributed by atoms with E-state index < -0.39 is 0 Å². The minimum atomic E-state index is 0.434. The predicted molar refractivity (Wildman–Crippen MR) is 148 cm³/mol. The Hall–Kier alpha value is -1.36. The SMILES string of the molecule is C#CC[C@H]1CC(C(=C)NCCCCCCCCCCCCCCCCCCC)=CN1C(C)C. The lowest BCUT2D eigenvalue weighted by molar-refractivity contribution is 0.251. The van der Waals surface area contributed by atoms with Gasteiger partial charge in [0.1, 0.15) is 0 Å². The molecule has 0 saturated carbocycles. The Kier molecular flexibility index (Phi) is 18.0. The van der Waals surface area contributed by atoms with E-state index in [4.69, 9.17) is 6.42 Å². The van der Waals surface area contributed by atoms with Crippen LogP contribution in [0.1, 0.15) is 143 Å². The molecular formula is C31H56N2. The van der Waals surface area contributed by atoms with Gasteiger partial charge in [-0.15, -0.1) is 12.3 Å². The molecule has 0 unspecified atom stereocenters. The number of hydrogen-bond donors (Lipinski definition) is 1. The average molecular weight is 457 g/mol. The molecule has 0 bridgehead atoms. The number of unbranched alkanes of at least 4 members (excludes halogenated alkanes) is 16. The quantitative estimate of drug-likeness (QED) is 0.129. The highest BCUT2D eigenvalue weighted by Crippen LogP contribution is 2.29. The molecule has 0 radical (unpaired) electrons. The molecule has 2 nitrogen and oxygen atoms in total. The zero-order valence-electron chi connectivity index (χ0n) is 22.6. The van der Waals surface area contributed by atoms with E-state index >= 15 is 0 Å².